The summed E-state index contributed by atoms with van der Waals surface area (Å²) in [5.74, 6) is -0.0905. The van der Waals surface area contributed by atoms with Gasteiger partial charge in [0.1, 0.15) is 5.69 Å². The molecule has 0 N–H and O–H groups in total. The molecule has 0 aliphatic carbocycles. The molecule has 0 fully saturated rings. The Balaban J connectivity index is 1.77. The minimum Gasteiger partial charge on any atom is -0.333 e. The molecular weight excluding hydrogens is 310 g/mol. The normalized spacial score (nSPS) is 10.4. The van der Waals surface area contributed by atoms with Gasteiger partial charge >= 0.3 is 0 Å². The maximum atomic E-state index is 12.9. The maximum Gasteiger partial charge on any atom is 0.274 e. The van der Waals surface area contributed by atoms with E-state index in [1.54, 1.807) is 12.4 Å². The largest absolute Gasteiger partial charge is 0.333 e. The molecule has 1 heterocycles. The van der Waals surface area contributed by atoms with Gasteiger partial charge in [-0.2, -0.15) is 0 Å². The zero-order valence-corrected chi connectivity index (χ0v) is 14.3. The first-order chi connectivity index (χ1) is 12.2. The second-order valence-electron chi connectivity index (χ2n) is 5.99. The van der Waals surface area contributed by atoms with Crippen molar-refractivity contribution in [2.24, 2.45) is 0 Å². The first kappa shape index (κ1) is 16.8. The van der Waals surface area contributed by atoms with E-state index in [0.717, 1.165) is 17.7 Å². The standard InChI is InChI=1S/C21H21N3O/c1-17-14-23-20(15-22-17)21(25)24(16-19-10-6-3-7-11-19)13-12-18-8-4-2-5-9-18/h2-11,14-15H,12-13,16H2,1H3. The van der Waals surface area contributed by atoms with E-state index in [-0.39, 0.29) is 5.91 Å². The van der Waals surface area contributed by atoms with Crippen molar-refractivity contribution in [2.75, 3.05) is 6.54 Å². The third-order valence-corrected chi connectivity index (χ3v) is 4.02. The van der Waals surface area contributed by atoms with Crippen LogP contribution in [0.5, 0.6) is 0 Å². The molecule has 0 unspecified atom stereocenters. The van der Waals surface area contributed by atoms with Gasteiger partial charge in [-0.1, -0.05) is 60.7 Å². The summed E-state index contributed by atoms with van der Waals surface area (Å²) in [4.78, 5) is 23.2. The molecule has 4 heteroatoms. The predicted octanol–water partition coefficient (Wildman–Crippen LogP) is 3.67. The van der Waals surface area contributed by atoms with Crippen molar-refractivity contribution >= 4 is 5.91 Å². The highest BCUT2D eigenvalue weighted by Gasteiger charge is 2.17. The Hall–Kier alpha value is -3.01. The van der Waals surface area contributed by atoms with E-state index in [0.29, 0.717) is 18.8 Å². The number of hydrogen-bond acceptors (Lipinski definition) is 3. The summed E-state index contributed by atoms with van der Waals surface area (Å²) >= 11 is 0. The van der Waals surface area contributed by atoms with Gasteiger partial charge < -0.3 is 4.90 Å². The van der Waals surface area contributed by atoms with Crippen LogP contribution < -0.4 is 0 Å². The van der Waals surface area contributed by atoms with Crippen molar-refractivity contribution < 1.29 is 4.79 Å². The Bertz CT molecular complexity index is 802. The number of aryl methyl sites for hydroxylation is 1. The minimum absolute atomic E-state index is 0.0905. The second kappa shape index (κ2) is 8.20. The Kier molecular flexibility index (Phi) is 5.52. The van der Waals surface area contributed by atoms with Crippen molar-refractivity contribution in [3.63, 3.8) is 0 Å². The van der Waals surface area contributed by atoms with Gasteiger partial charge in [0.05, 0.1) is 11.9 Å². The Morgan fingerprint density at radius 1 is 0.880 bits per heavy atom. The molecule has 25 heavy (non-hydrogen) atoms. The highest BCUT2D eigenvalue weighted by Crippen LogP contribution is 2.10. The summed E-state index contributed by atoms with van der Waals surface area (Å²) in [5.41, 5.74) is 3.50. The molecule has 1 amide bonds. The fraction of sp³-hybridized carbons (Fsp3) is 0.190. The molecule has 0 saturated carbocycles. The monoisotopic (exact) mass is 331 g/mol. The van der Waals surface area contributed by atoms with Gasteiger partial charge in [-0.05, 0) is 24.5 Å². The van der Waals surface area contributed by atoms with E-state index in [9.17, 15) is 4.79 Å². The van der Waals surface area contributed by atoms with Crippen molar-refractivity contribution in [1.82, 2.24) is 14.9 Å². The summed E-state index contributed by atoms with van der Waals surface area (Å²) in [6.07, 6.45) is 3.99. The average Bonchev–Trinajstić information content (AvgIpc) is 2.67. The summed E-state index contributed by atoms with van der Waals surface area (Å²) in [6, 6.07) is 20.2. The number of hydrogen-bond donors (Lipinski definition) is 0. The van der Waals surface area contributed by atoms with Crippen LogP contribution >= 0.6 is 0 Å². The van der Waals surface area contributed by atoms with Gasteiger partial charge in [0.2, 0.25) is 0 Å². The van der Waals surface area contributed by atoms with E-state index in [1.165, 1.54) is 5.56 Å². The summed E-state index contributed by atoms with van der Waals surface area (Å²) in [7, 11) is 0. The zero-order valence-electron chi connectivity index (χ0n) is 14.3. The van der Waals surface area contributed by atoms with Crippen LogP contribution in [0, 0.1) is 6.92 Å². The smallest absolute Gasteiger partial charge is 0.274 e. The van der Waals surface area contributed by atoms with Crippen molar-refractivity contribution in [1.29, 1.82) is 0 Å². The molecule has 0 bridgehead atoms. The number of rotatable bonds is 6. The lowest BCUT2D eigenvalue weighted by atomic mass is 10.1. The fourth-order valence-electron chi connectivity index (χ4n) is 2.63. The lowest BCUT2D eigenvalue weighted by molar-refractivity contribution is 0.0738. The lowest BCUT2D eigenvalue weighted by Gasteiger charge is -2.22. The molecular formula is C21H21N3O. The predicted molar refractivity (Wildman–Crippen MR) is 98.1 cm³/mol. The summed E-state index contributed by atoms with van der Waals surface area (Å²) < 4.78 is 0. The van der Waals surface area contributed by atoms with E-state index in [4.69, 9.17) is 0 Å². The van der Waals surface area contributed by atoms with Crippen LogP contribution in [0.3, 0.4) is 0 Å². The van der Waals surface area contributed by atoms with Crippen molar-refractivity contribution in [2.45, 2.75) is 19.9 Å². The molecule has 1 aromatic heterocycles. The number of aromatic nitrogens is 2. The third-order valence-electron chi connectivity index (χ3n) is 4.02. The number of carbonyl (C=O) groups is 1. The van der Waals surface area contributed by atoms with Crippen LogP contribution in [0.4, 0.5) is 0 Å². The topological polar surface area (TPSA) is 46.1 Å². The number of amides is 1. The SMILES string of the molecule is Cc1cnc(C(=O)N(CCc2ccccc2)Cc2ccccc2)cn1. The number of nitrogens with zero attached hydrogens (tertiary/aromatic N) is 3. The highest BCUT2D eigenvalue weighted by molar-refractivity contribution is 5.92. The molecule has 0 aliphatic rings. The van der Waals surface area contributed by atoms with E-state index >= 15 is 0 Å². The first-order valence-electron chi connectivity index (χ1n) is 8.38. The second-order valence-corrected chi connectivity index (χ2v) is 5.99. The van der Waals surface area contributed by atoms with Crippen LogP contribution in [0.2, 0.25) is 0 Å². The Morgan fingerprint density at radius 3 is 2.12 bits per heavy atom. The zero-order chi connectivity index (χ0) is 17.5. The van der Waals surface area contributed by atoms with Crippen LogP contribution in [-0.2, 0) is 13.0 Å². The summed E-state index contributed by atoms with van der Waals surface area (Å²) in [5, 5.41) is 0. The first-order valence-corrected chi connectivity index (χ1v) is 8.38. The van der Waals surface area contributed by atoms with Gasteiger partial charge in [-0.25, -0.2) is 4.98 Å². The van der Waals surface area contributed by atoms with Gasteiger partial charge in [0, 0.05) is 19.3 Å². The maximum absolute atomic E-state index is 12.9. The van der Waals surface area contributed by atoms with Crippen molar-refractivity contribution in [3.05, 3.63) is 95.6 Å². The highest BCUT2D eigenvalue weighted by atomic mass is 16.2. The molecule has 0 atom stereocenters. The molecule has 3 rings (SSSR count). The fourth-order valence-corrected chi connectivity index (χ4v) is 2.63. The molecule has 0 aliphatic heterocycles. The molecule has 126 valence electrons. The Labute approximate surface area is 148 Å². The molecule has 3 aromatic rings. The lowest BCUT2D eigenvalue weighted by Crippen LogP contribution is -2.33. The summed E-state index contributed by atoms with van der Waals surface area (Å²) in [6.45, 7) is 3.05. The quantitative estimate of drug-likeness (QED) is 0.692. The Morgan fingerprint density at radius 2 is 1.52 bits per heavy atom. The van der Waals surface area contributed by atoms with Gasteiger partial charge in [0.15, 0.2) is 0 Å². The van der Waals surface area contributed by atoms with Crippen LogP contribution in [0.25, 0.3) is 0 Å². The van der Waals surface area contributed by atoms with E-state index in [2.05, 4.69) is 22.1 Å². The number of benzene rings is 2. The van der Waals surface area contributed by atoms with Crippen LogP contribution in [0.1, 0.15) is 27.3 Å². The minimum atomic E-state index is -0.0905. The molecule has 4 nitrogen and oxygen atoms in total. The molecule has 0 radical (unpaired) electrons. The average molecular weight is 331 g/mol. The van der Waals surface area contributed by atoms with E-state index < -0.39 is 0 Å². The van der Waals surface area contributed by atoms with Crippen molar-refractivity contribution in [3.8, 4) is 0 Å². The molecule has 0 saturated heterocycles. The molecule has 0 spiro atoms. The van der Waals surface area contributed by atoms with Gasteiger partial charge in [-0.3, -0.25) is 9.78 Å². The van der Waals surface area contributed by atoms with Crippen LogP contribution in [0.15, 0.2) is 73.1 Å². The van der Waals surface area contributed by atoms with Gasteiger partial charge in [-0.15, -0.1) is 0 Å². The van der Waals surface area contributed by atoms with E-state index in [1.807, 2.05) is 60.4 Å². The third kappa shape index (κ3) is 4.73. The molecule has 2 aromatic carbocycles. The number of carbonyl (C=O) groups excluding carboxylic acids is 1. The van der Waals surface area contributed by atoms with Crippen LogP contribution in [-0.4, -0.2) is 27.3 Å². The van der Waals surface area contributed by atoms with Gasteiger partial charge in [0.25, 0.3) is 5.91 Å².